The molecule has 5 nitrogen and oxygen atoms in total. The Kier molecular flexibility index (Phi) is 5.60. The average molecular weight is 321 g/mol. The summed E-state index contributed by atoms with van der Waals surface area (Å²) >= 11 is 1.27. The van der Waals surface area contributed by atoms with Crippen molar-refractivity contribution in [3.05, 3.63) is 29.8 Å². The molecule has 1 saturated heterocycles. The lowest BCUT2D eigenvalue weighted by atomic mass is 10.1. The van der Waals surface area contributed by atoms with Gasteiger partial charge in [-0.25, -0.2) is 0 Å². The molecule has 1 aromatic carbocycles. The highest BCUT2D eigenvalue weighted by Gasteiger charge is 2.30. The second-order valence-electron chi connectivity index (χ2n) is 5.30. The maximum absolute atomic E-state index is 12.1. The number of hydrogen-bond acceptors (Lipinski definition) is 5. The number of methoxy groups -OCH3 is 1. The number of ether oxygens (including phenoxy) is 1. The van der Waals surface area contributed by atoms with Gasteiger partial charge in [0.15, 0.2) is 5.12 Å². The zero-order valence-corrected chi connectivity index (χ0v) is 13.5. The van der Waals surface area contributed by atoms with Crippen LogP contribution in [0, 0.1) is 5.92 Å². The maximum Gasteiger partial charge on any atom is 0.309 e. The van der Waals surface area contributed by atoms with Gasteiger partial charge in [-0.2, -0.15) is 0 Å². The molecule has 1 aliphatic rings. The fraction of sp³-hybridized carbons (Fsp3) is 0.438. The number of benzene rings is 1. The second-order valence-corrected chi connectivity index (χ2v) is 6.49. The summed E-state index contributed by atoms with van der Waals surface area (Å²) in [6.07, 6.45) is 0.701. The molecule has 0 bridgehead atoms. The van der Waals surface area contributed by atoms with Crippen LogP contribution in [0.3, 0.4) is 0 Å². The van der Waals surface area contributed by atoms with Crippen molar-refractivity contribution in [1.82, 2.24) is 0 Å². The van der Waals surface area contributed by atoms with Gasteiger partial charge >= 0.3 is 5.97 Å². The van der Waals surface area contributed by atoms with E-state index in [9.17, 15) is 14.4 Å². The van der Waals surface area contributed by atoms with Gasteiger partial charge in [-0.15, -0.1) is 0 Å². The zero-order valence-electron chi connectivity index (χ0n) is 12.7. The summed E-state index contributed by atoms with van der Waals surface area (Å²) in [5.74, 6) is 0.676. The van der Waals surface area contributed by atoms with E-state index in [0.717, 1.165) is 11.3 Å². The van der Waals surface area contributed by atoms with Crippen LogP contribution in [0.25, 0.3) is 0 Å². The molecule has 2 rings (SSSR count). The van der Waals surface area contributed by atoms with Gasteiger partial charge in [-0.05, 0) is 23.6 Å². The lowest BCUT2D eigenvalue weighted by Crippen LogP contribution is -2.24. The molecule has 0 aliphatic carbocycles. The van der Waals surface area contributed by atoms with Gasteiger partial charge in [0.1, 0.15) is 0 Å². The van der Waals surface area contributed by atoms with Crippen molar-refractivity contribution < 1.29 is 19.1 Å². The predicted octanol–water partition coefficient (Wildman–Crippen LogP) is 2.03. The van der Waals surface area contributed by atoms with Crippen LogP contribution in [0.5, 0.6) is 0 Å². The summed E-state index contributed by atoms with van der Waals surface area (Å²) in [6, 6.07) is 7.35. The molecule has 1 unspecified atom stereocenters. The Bertz CT molecular complexity index is 570. The number of carbonyl (C=O) groups is 3. The van der Waals surface area contributed by atoms with E-state index in [4.69, 9.17) is 0 Å². The van der Waals surface area contributed by atoms with Crippen molar-refractivity contribution in [2.75, 3.05) is 24.3 Å². The molecule has 0 radical (unpaired) electrons. The monoisotopic (exact) mass is 321 g/mol. The number of hydrogen-bond donors (Lipinski definition) is 0. The fourth-order valence-corrected chi connectivity index (χ4v) is 3.10. The van der Waals surface area contributed by atoms with Gasteiger partial charge < -0.3 is 9.64 Å². The Morgan fingerprint density at radius 1 is 1.32 bits per heavy atom. The number of rotatable bonds is 5. The highest BCUT2D eigenvalue weighted by molar-refractivity contribution is 8.13. The molecule has 1 atom stereocenters. The molecule has 0 N–H and O–H groups in total. The molecular formula is C16H19NO4S. The lowest BCUT2D eigenvalue weighted by Gasteiger charge is -2.17. The van der Waals surface area contributed by atoms with Gasteiger partial charge in [0, 0.05) is 31.3 Å². The van der Waals surface area contributed by atoms with Crippen molar-refractivity contribution >= 4 is 34.4 Å². The maximum atomic E-state index is 12.1. The first-order valence-electron chi connectivity index (χ1n) is 7.09. The molecule has 0 spiro atoms. The Labute approximate surface area is 134 Å². The molecule has 0 saturated carbocycles. The average Bonchev–Trinajstić information content (AvgIpc) is 2.87. The number of nitrogens with zero attached hydrogens (tertiary/aromatic N) is 1. The largest absolute Gasteiger partial charge is 0.469 e. The van der Waals surface area contributed by atoms with Crippen LogP contribution in [0.4, 0.5) is 5.69 Å². The summed E-state index contributed by atoms with van der Waals surface area (Å²) in [5, 5.41) is 0.0815. The van der Waals surface area contributed by atoms with Crippen molar-refractivity contribution in [3.63, 3.8) is 0 Å². The highest BCUT2D eigenvalue weighted by Crippen LogP contribution is 2.27. The van der Waals surface area contributed by atoms with Crippen molar-refractivity contribution in [3.8, 4) is 0 Å². The van der Waals surface area contributed by atoms with E-state index in [2.05, 4.69) is 4.74 Å². The quantitative estimate of drug-likeness (QED) is 0.777. The number of esters is 1. The topological polar surface area (TPSA) is 63.7 Å². The lowest BCUT2D eigenvalue weighted by molar-refractivity contribution is -0.139. The summed E-state index contributed by atoms with van der Waals surface area (Å²) < 4.78 is 4.63. The minimum Gasteiger partial charge on any atom is -0.469 e. The Balaban J connectivity index is 1.98. The van der Waals surface area contributed by atoms with E-state index in [0.29, 0.717) is 18.7 Å². The van der Waals surface area contributed by atoms with Gasteiger partial charge in [0.05, 0.1) is 13.5 Å². The van der Waals surface area contributed by atoms with E-state index in [1.165, 1.54) is 18.9 Å². The van der Waals surface area contributed by atoms with Gasteiger partial charge in [0.25, 0.3) is 0 Å². The Hall–Kier alpha value is -1.82. The SMILES string of the molecule is COC(=O)Cc1ccc(N2CC(CSC(C)=O)CC2=O)cc1. The minimum atomic E-state index is -0.286. The molecular weight excluding hydrogens is 302 g/mol. The normalized spacial score (nSPS) is 17.6. The number of anilines is 1. The van der Waals surface area contributed by atoms with Crippen LogP contribution in [0.15, 0.2) is 24.3 Å². The van der Waals surface area contributed by atoms with E-state index in [-0.39, 0.29) is 29.3 Å². The van der Waals surface area contributed by atoms with Crippen molar-refractivity contribution in [1.29, 1.82) is 0 Å². The van der Waals surface area contributed by atoms with E-state index >= 15 is 0 Å². The summed E-state index contributed by atoms with van der Waals surface area (Å²) in [6.45, 7) is 2.18. The number of carbonyl (C=O) groups excluding carboxylic acids is 3. The van der Waals surface area contributed by atoms with Crippen LogP contribution < -0.4 is 4.90 Å². The number of thioether (sulfide) groups is 1. The van der Waals surface area contributed by atoms with Crippen LogP contribution in [0.2, 0.25) is 0 Å². The Morgan fingerprint density at radius 3 is 2.59 bits per heavy atom. The third-order valence-electron chi connectivity index (χ3n) is 3.55. The van der Waals surface area contributed by atoms with Crippen LogP contribution >= 0.6 is 11.8 Å². The predicted molar refractivity (Wildman–Crippen MR) is 85.8 cm³/mol. The molecule has 0 aromatic heterocycles. The minimum absolute atomic E-state index is 0.0786. The fourth-order valence-electron chi connectivity index (χ4n) is 2.41. The smallest absolute Gasteiger partial charge is 0.309 e. The molecule has 6 heteroatoms. The first-order valence-corrected chi connectivity index (χ1v) is 8.07. The van der Waals surface area contributed by atoms with Crippen LogP contribution in [-0.4, -0.2) is 36.4 Å². The molecule has 1 aliphatic heterocycles. The summed E-state index contributed by atoms with van der Waals surface area (Å²) in [4.78, 5) is 36.1. The zero-order chi connectivity index (χ0) is 16.1. The second kappa shape index (κ2) is 7.45. The third-order valence-corrected chi connectivity index (χ3v) is 4.60. The van der Waals surface area contributed by atoms with Crippen LogP contribution in [0.1, 0.15) is 18.9 Å². The third kappa shape index (κ3) is 4.34. The molecule has 22 heavy (non-hydrogen) atoms. The molecule has 1 amide bonds. The summed E-state index contributed by atoms with van der Waals surface area (Å²) in [7, 11) is 1.36. The highest BCUT2D eigenvalue weighted by atomic mass is 32.2. The Morgan fingerprint density at radius 2 is 2.00 bits per heavy atom. The van der Waals surface area contributed by atoms with Crippen molar-refractivity contribution in [2.45, 2.75) is 19.8 Å². The van der Waals surface area contributed by atoms with Crippen LogP contribution in [-0.2, 0) is 25.5 Å². The molecule has 1 heterocycles. The van der Waals surface area contributed by atoms with Gasteiger partial charge in [-0.1, -0.05) is 23.9 Å². The summed E-state index contributed by atoms with van der Waals surface area (Å²) in [5.41, 5.74) is 1.68. The van der Waals surface area contributed by atoms with E-state index in [1.807, 2.05) is 24.3 Å². The van der Waals surface area contributed by atoms with Crippen molar-refractivity contribution in [2.24, 2.45) is 5.92 Å². The first kappa shape index (κ1) is 16.5. The van der Waals surface area contributed by atoms with Gasteiger partial charge in [0.2, 0.25) is 5.91 Å². The van der Waals surface area contributed by atoms with E-state index < -0.39 is 0 Å². The molecule has 118 valence electrons. The number of amides is 1. The molecule has 1 aromatic rings. The van der Waals surface area contributed by atoms with E-state index in [1.54, 1.807) is 11.8 Å². The first-order chi connectivity index (χ1) is 10.5. The standard InChI is InChI=1S/C16H19NO4S/c1-11(18)22-10-13-7-15(19)17(9-13)14-5-3-12(4-6-14)8-16(20)21-2/h3-6,13H,7-10H2,1-2H3. The van der Waals surface area contributed by atoms with Gasteiger partial charge in [-0.3, -0.25) is 14.4 Å². The molecule has 1 fully saturated rings.